The highest BCUT2D eigenvalue weighted by Gasteiger charge is 2.41. The van der Waals surface area contributed by atoms with Gasteiger partial charge in [-0.3, -0.25) is 0 Å². The summed E-state index contributed by atoms with van der Waals surface area (Å²) in [4.78, 5) is 0. The monoisotopic (exact) mass is 238 g/mol. The normalized spacial score (nSPS) is 27.4. The molecule has 1 saturated carbocycles. The molecule has 1 aliphatic carbocycles. The minimum absolute atomic E-state index is 0.0605. The first-order valence-electron chi connectivity index (χ1n) is 5.73. The number of hydrogen-bond acceptors (Lipinski definition) is 3. The van der Waals surface area contributed by atoms with Crippen molar-refractivity contribution < 1.29 is 8.78 Å². The van der Waals surface area contributed by atoms with Gasteiger partial charge in [-0.1, -0.05) is 0 Å². The summed E-state index contributed by atoms with van der Waals surface area (Å²) in [7, 11) is 0. The van der Waals surface area contributed by atoms with Gasteiger partial charge in [0.05, 0.1) is 6.20 Å². The molecule has 0 spiro atoms. The molecule has 1 aromatic heterocycles. The molecule has 90 valence electrons. The van der Waals surface area contributed by atoms with Gasteiger partial charge in [0.15, 0.2) is 0 Å². The SMILES string of the molecule is N#Cc1cnn2c1N[C@@H](C1CC1)C[C@@H]2C(F)F. The molecule has 2 aliphatic rings. The minimum atomic E-state index is -2.44. The molecule has 6 heteroatoms. The first-order valence-corrected chi connectivity index (χ1v) is 5.73. The van der Waals surface area contributed by atoms with E-state index in [9.17, 15) is 8.78 Å². The van der Waals surface area contributed by atoms with Crippen LogP contribution in [0.4, 0.5) is 14.6 Å². The summed E-state index contributed by atoms with van der Waals surface area (Å²) in [5.74, 6) is 0.937. The maximum Gasteiger partial charge on any atom is 0.260 e. The molecule has 0 aromatic carbocycles. The van der Waals surface area contributed by atoms with Crippen molar-refractivity contribution in [1.29, 1.82) is 5.26 Å². The smallest absolute Gasteiger partial charge is 0.260 e. The van der Waals surface area contributed by atoms with Crippen LogP contribution in [0.15, 0.2) is 6.20 Å². The van der Waals surface area contributed by atoms with E-state index < -0.39 is 12.5 Å². The number of rotatable bonds is 2. The van der Waals surface area contributed by atoms with E-state index in [1.165, 1.54) is 10.9 Å². The molecule has 0 amide bonds. The first-order chi connectivity index (χ1) is 8.20. The summed E-state index contributed by atoms with van der Waals surface area (Å²) in [5, 5.41) is 16.0. The lowest BCUT2D eigenvalue weighted by atomic mass is 10.0. The Hall–Kier alpha value is -1.64. The Labute approximate surface area is 97.2 Å². The van der Waals surface area contributed by atoms with Crippen molar-refractivity contribution in [2.45, 2.75) is 37.8 Å². The third-order valence-corrected chi connectivity index (χ3v) is 3.53. The minimum Gasteiger partial charge on any atom is -0.366 e. The molecule has 17 heavy (non-hydrogen) atoms. The fourth-order valence-electron chi connectivity index (χ4n) is 2.45. The molecular formula is C11H12F2N4. The zero-order valence-electron chi connectivity index (χ0n) is 9.11. The van der Waals surface area contributed by atoms with Crippen molar-refractivity contribution in [2.24, 2.45) is 5.92 Å². The van der Waals surface area contributed by atoms with Crippen LogP contribution in [0.1, 0.15) is 30.9 Å². The topological polar surface area (TPSA) is 53.6 Å². The highest BCUT2D eigenvalue weighted by Crippen LogP contribution is 2.42. The molecule has 2 atom stereocenters. The van der Waals surface area contributed by atoms with Crippen LogP contribution in [-0.4, -0.2) is 22.2 Å². The average Bonchev–Trinajstić information content (AvgIpc) is 3.08. The molecule has 0 radical (unpaired) electrons. The van der Waals surface area contributed by atoms with Crippen LogP contribution < -0.4 is 5.32 Å². The van der Waals surface area contributed by atoms with Gasteiger partial charge in [-0.25, -0.2) is 13.5 Å². The Morgan fingerprint density at radius 2 is 2.29 bits per heavy atom. The van der Waals surface area contributed by atoms with E-state index in [1.54, 1.807) is 0 Å². The quantitative estimate of drug-likeness (QED) is 0.858. The van der Waals surface area contributed by atoms with Crippen LogP contribution in [0, 0.1) is 17.2 Å². The number of nitriles is 1. The van der Waals surface area contributed by atoms with Gasteiger partial charge in [-0.15, -0.1) is 0 Å². The lowest BCUT2D eigenvalue weighted by molar-refractivity contribution is 0.0645. The zero-order chi connectivity index (χ0) is 12.0. The lowest BCUT2D eigenvalue weighted by Gasteiger charge is -2.32. The number of hydrogen-bond donors (Lipinski definition) is 1. The molecule has 4 nitrogen and oxygen atoms in total. The Morgan fingerprint density at radius 3 is 2.88 bits per heavy atom. The summed E-state index contributed by atoms with van der Waals surface area (Å²) in [6.45, 7) is 0. The van der Waals surface area contributed by atoms with E-state index in [-0.39, 0.29) is 6.04 Å². The van der Waals surface area contributed by atoms with Gasteiger partial charge in [-0.2, -0.15) is 10.4 Å². The van der Waals surface area contributed by atoms with Crippen molar-refractivity contribution >= 4 is 5.82 Å². The predicted octanol–water partition coefficient (Wildman–Crippen LogP) is 2.16. The Bertz CT molecular complexity index is 472. The van der Waals surface area contributed by atoms with Crippen LogP contribution in [0.2, 0.25) is 0 Å². The van der Waals surface area contributed by atoms with Gasteiger partial charge in [0.25, 0.3) is 6.43 Å². The van der Waals surface area contributed by atoms with E-state index in [0.717, 1.165) is 12.8 Å². The van der Waals surface area contributed by atoms with Crippen molar-refractivity contribution in [3.63, 3.8) is 0 Å². The number of nitrogens with zero attached hydrogens (tertiary/aromatic N) is 3. The molecule has 1 aromatic rings. The lowest BCUT2D eigenvalue weighted by Crippen LogP contribution is -2.36. The summed E-state index contributed by atoms with van der Waals surface area (Å²) in [5.41, 5.74) is 0.348. The van der Waals surface area contributed by atoms with Gasteiger partial charge in [0.2, 0.25) is 0 Å². The molecule has 1 N–H and O–H groups in total. The third kappa shape index (κ3) is 1.66. The van der Waals surface area contributed by atoms with Gasteiger partial charge < -0.3 is 5.32 Å². The van der Waals surface area contributed by atoms with Crippen molar-refractivity contribution in [1.82, 2.24) is 9.78 Å². The second kappa shape index (κ2) is 3.69. The molecule has 2 heterocycles. The van der Waals surface area contributed by atoms with Gasteiger partial charge in [-0.05, 0) is 25.2 Å². The van der Waals surface area contributed by atoms with E-state index in [4.69, 9.17) is 5.26 Å². The zero-order valence-corrected chi connectivity index (χ0v) is 9.11. The standard InChI is InChI=1S/C11H12F2N4/c12-10(13)9-3-8(6-1-2-6)16-11-7(4-14)5-15-17(9)11/h5-6,8-10,16H,1-3H2/t8-,9-/m1/s1. The van der Waals surface area contributed by atoms with Crippen molar-refractivity contribution in [3.05, 3.63) is 11.8 Å². The van der Waals surface area contributed by atoms with Crippen LogP contribution in [-0.2, 0) is 0 Å². The van der Waals surface area contributed by atoms with Gasteiger partial charge >= 0.3 is 0 Å². The van der Waals surface area contributed by atoms with Crippen LogP contribution in [0.25, 0.3) is 0 Å². The summed E-state index contributed by atoms with van der Waals surface area (Å²) in [6, 6.07) is 1.14. The summed E-state index contributed by atoms with van der Waals surface area (Å²) in [6.07, 6.45) is 1.48. The Morgan fingerprint density at radius 1 is 1.53 bits per heavy atom. The Kier molecular flexibility index (Phi) is 2.28. The first kappa shape index (κ1) is 10.5. The second-order valence-corrected chi connectivity index (χ2v) is 4.69. The molecule has 0 saturated heterocycles. The van der Waals surface area contributed by atoms with Crippen LogP contribution in [0.5, 0.6) is 0 Å². The number of halogens is 2. The fraction of sp³-hybridized carbons (Fsp3) is 0.636. The maximum absolute atomic E-state index is 13.0. The van der Waals surface area contributed by atoms with E-state index in [2.05, 4.69) is 10.4 Å². The molecule has 0 bridgehead atoms. The second-order valence-electron chi connectivity index (χ2n) is 4.69. The highest BCUT2D eigenvalue weighted by atomic mass is 19.3. The molecule has 1 aliphatic heterocycles. The Balaban J connectivity index is 1.98. The van der Waals surface area contributed by atoms with Crippen molar-refractivity contribution in [3.8, 4) is 6.07 Å². The summed E-state index contributed by atoms with van der Waals surface area (Å²) < 4.78 is 27.3. The number of nitrogens with one attached hydrogen (secondary N) is 1. The predicted molar refractivity (Wildman–Crippen MR) is 56.7 cm³/mol. The largest absolute Gasteiger partial charge is 0.366 e. The van der Waals surface area contributed by atoms with Crippen molar-refractivity contribution in [2.75, 3.05) is 5.32 Å². The highest BCUT2D eigenvalue weighted by molar-refractivity contribution is 5.53. The molecule has 3 rings (SSSR count). The molecule has 1 fully saturated rings. The number of anilines is 1. The van der Waals surface area contributed by atoms with E-state index in [1.807, 2.05) is 6.07 Å². The average molecular weight is 238 g/mol. The maximum atomic E-state index is 13.0. The fourth-order valence-corrected chi connectivity index (χ4v) is 2.45. The van der Waals surface area contributed by atoms with E-state index in [0.29, 0.717) is 23.7 Å². The number of fused-ring (bicyclic) bond motifs is 1. The van der Waals surface area contributed by atoms with Gasteiger partial charge in [0.1, 0.15) is 23.5 Å². The third-order valence-electron chi connectivity index (χ3n) is 3.53. The van der Waals surface area contributed by atoms with Crippen LogP contribution >= 0.6 is 0 Å². The molecule has 0 unspecified atom stereocenters. The number of aromatic nitrogens is 2. The molecular weight excluding hydrogens is 226 g/mol. The van der Waals surface area contributed by atoms with Crippen LogP contribution in [0.3, 0.4) is 0 Å². The number of alkyl halides is 2. The van der Waals surface area contributed by atoms with E-state index >= 15 is 0 Å². The summed E-state index contributed by atoms with van der Waals surface area (Å²) >= 11 is 0. The van der Waals surface area contributed by atoms with Gasteiger partial charge in [0, 0.05) is 6.04 Å².